The van der Waals surface area contributed by atoms with E-state index in [9.17, 15) is 0 Å². The van der Waals surface area contributed by atoms with Crippen molar-refractivity contribution in [2.24, 2.45) is 5.92 Å². The summed E-state index contributed by atoms with van der Waals surface area (Å²) in [7, 11) is 2.20. The second-order valence-corrected chi connectivity index (χ2v) is 6.49. The van der Waals surface area contributed by atoms with Gasteiger partial charge in [-0.1, -0.05) is 19.4 Å². The molecule has 0 atom stereocenters. The lowest BCUT2D eigenvalue weighted by molar-refractivity contribution is 0.321. The summed E-state index contributed by atoms with van der Waals surface area (Å²) < 4.78 is 1.21. The van der Waals surface area contributed by atoms with Crippen LogP contribution in [0.5, 0.6) is 0 Å². The Bertz CT molecular complexity index is 402. The fourth-order valence-electron chi connectivity index (χ4n) is 2.54. The molecular formula is C16H25BrN2. The fraction of sp³-hybridized carbons (Fsp3) is 0.625. The standard InChI is InChI=1S/C16H25BrN2/c1-3-9-18-11-14-7-8-16(15(17)10-14)19(2)12-13-5-4-6-13/h7-8,10,13,18H,3-6,9,11-12H2,1-2H3. The molecular weight excluding hydrogens is 300 g/mol. The monoisotopic (exact) mass is 324 g/mol. The predicted molar refractivity (Wildman–Crippen MR) is 86.8 cm³/mol. The third kappa shape index (κ3) is 4.22. The first kappa shape index (κ1) is 14.9. The van der Waals surface area contributed by atoms with Crippen molar-refractivity contribution in [1.82, 2.24) is 5.32 Å². The van der Waals surface area contributed by atoms with Crippen LogP contribution in [0.3, 0.4) is 0 Å². The number of hydrogen-bond acceptors (Lipinski definition) is 2. The highest BCUT2D eigenvalue weighted by atomic mass is 79.9. The van der Waals surface area contributed by atoms with Crippen LogP contribution in [0.25, 0.3) is 0 Å². The first-order chi connectivity index (χ1) is 9.20. The van der Waals surface area contributed by atoms with E-state index in [4.69, 9.17) is 0 Å². The van der Waals surface area contributed by atoms with Gasteiger partial charge in [-0.05, 0) is 65.4 Å². The van der Waals surface area contributed by atoms with Crippen molar-refractivity contribution < 1.29 is 0 Å². The molecule has 1 saturated carbocycles. The summed E-state index contributed by atoms with van der Waals surface area (Å²) in [5, 5.41) is 3.44. The molecule has 0 radical (unpaired) electrons. The van der Waals surface area contributed by atoms with Crippen LogP contribution in [0.1, 0.15) is 38.2 Å². The maximum atomic E-state index is 3.72. The van der Waals surface area contributed by atoms with E-state index in [1.54, 1.807) is 0 Å². The maximum Gasteiger partial charge on any atom is 0.0508 e. The molecule has 2 rings (SSSR count). The fourth-order valence-corrected chi connectivity index (χ4v) is 3.27. The molecule has 0 saturated heterocycles. The summed E-state index contributed by atoms with van der Waals surface area (Å²) in [6.07, 6.45) is 5.41. The van der Waals surface area contributed by atoms with Gasteiger partial charge in [0.05, 0.1) is 5.69 Å². The quantitative estimate of drug-likeness (QED) is 0.757. The number of nitrogens with one attached hydrogen (secondary N) is 1. The molecule has 1 N–H and O–H groups in total. The summed E-state index contributed by atoms with van der Waals surface area (Å²) in [6, 6.07) is 6.72. The van der Waals surface area contributed by atoms with Crippen LogP contribution >= 0.6 is 15.9 Å². The number of halogens is 1. The molecule has 1 aliphatic rings. The van der Waals surface area contributed by atoms with Crippen LogP contribution in [-0.4, -0.2) is 20.1 Å². The van der Waals surface area contributed by atoms with Gasteiger partial charge < -0.3 is 10.2 Å². The SMILES string of the molecule is CCCNCc1ccc(N(C)CC2CCC2)c(Br)c1. The summed E-state index contributed by atoms with van der Waals surface area (Å²) in [5.41, 5.74) is 2.66. The molecule has 3 heteroatoms. The highest BCUT2D eigenvalue weighted by molar-refractivity contribution is 9.10. The van der Waals surface area contributed by atoms with Crippen LogP contribution in [0.4, 0.5) is 5.69 Å². The van der Waals surface area contributed by atoms with Crippen molar-refractivity contribution in [1.29, 1.82) is 0 Å². The van der Waals surface area contributed by atoms with E-state index in [0.717, 1.165) is 19.0 Å². The Hall–Kier alpha value is -0.540. The van der Waals surface area contributed by atoms with Gasteiger partial charge in [-0.2, -0.15) is 0 Å². The van der Waals surface area contributed by atoms with Crippen molar-refractivity contribution in [3.05, 3.63) is 28.2 Å². The molecule has 0 spiro atoms. The highest BCUT2D eigenvalue weighted by Gasteiger charge is 2.20. The number of rotatable bonds is 7. The molecule has 2 nitrogen and oxygen atoms in total. The molecule has 1 aromatic carbocycles. The Morgan fingerprint density at radius 1 is 1.37 bits per heavy atom. The van der Waals surface area contributed by atoms with Gasteiger partial charge in [-0.3, -0.25) is 0 Å². The van der Waals surface area contributed by atoms with E-state index < -0.39 is 0 Å². The van der Waals surface area contributed by atoms with Crippen LogP contribution in [-0.2, 0) is 6.54 Å². The first-order valence-electron chi connectivity index (χ1n) is 7.41. The average Bonchev–Trinajstić information content (AvgIpc) is 2.34. The van der Waals surface area contributed by atoms with Gasteiger partial charge in [0, 0.05) is 24.6 Å². The van der Waals surface area contributed by atoms with Crippen molar-refractivity contribution in [3.8, 4) is 0 Å². The normalized spacial score (nSPS) is 15.3. The molecule has 0 amide bonds. The molecule has 0 bridgehead atoms. The van der Waals surface area contributed by atoms with Crippen LogP contribution in [0.15, 0.2) is 22.7 Å². The summed E-state index contributed by atoms with van der Waals surface area (Å²) in [4.78, 5) is 2.39. The summed E-state index contributed by atoms with van der Waals surface area (Å²) >= 11 is 3.72. The third-order valence-electron chi connectivity index (χ3n) is 3.94. The maximum absolute atomic E-state index is 3.72. The second-order valence-electron chi connectivity index (χ2n) is 5.64. The van der Waals surface area contributed by atoms with Gasteiger partial charge in [0.1, 0.15) is 0 Å². The molecule has 106 valence electrons. The van der Waals surface area contributed by atoms with E-state index in [0.29, 0.717) is 0 Å². The second kappa shape index (κ2) is 7.30. The average molecular weight is 325 g/mol. The summed E-state index contributed by atoms with van der Waals surface area (Å²) in [6.45, 7) is 5.42. The Morgan fingerprint density at radius 3 is 2.74 bits per heavy atom. The van der Waals surface area contributed by atoms with E-state index in [-0.39, 0.29) is 0 Å². The molecule has 0 unspecified atom stereocenters. The Morgan fingerprint density at radius 2 is 2.16 bits per heavy atom. The lowest BCUT2D eigenvalue weighted by Gasteiger charge is -2.31. The molecule has 0 aromatic heterocycles. The Balaban J connectivity index is 1.93. The molecule has 0 heterocycles. The van der Waals surface area contributed by atoms with E-state index in [2.05, 4.69) is 58.3 Å². The molecule has 1 aromatic rings. The van der Waals surface area contributed by atoms with Crippen molar-refractivity contribution in [2.45, 2.75) is 39.2 Å². The predicted octanol–water partition coefficient (Wildman–Crippen LogP) is 4.19. The zero-order valence-electron chi connectivity index (χ0n) is 12.1. The first-order valence-corrected chi connectivity index (χ1v) is 8.20. The molecule has 0 aliphatic heterocycles. The minimum absolute atomic E-state index is 0.905. The number of benzene rings is 1. The van der Waals surface area contributed by atoms with Crippen molar-refractivity contribution >= 4 is 21.6 Å². The van der Waals surface area contributed by atoms with E-state index in [1.165, 1.54) is 48.0 Å². The zero-order chi connectivity index (χ0) is 13.7. The smallest absolute Gasteiger partial charge is 0.0508 e. The molecule has 19 heavy (non-hydrogen) atoms. The highest BCUT2D eigenvalue weighted by Crippen LogP contribution is 2.31. The van der Waals surface area contributed by atoms with Gasteiger partial charge in [0.25, 0.3) is 0 Å². The van der Waals surface area contributed by atoms with Crippen molar-refractivity contribution in [3.63, 3.8) is 0 Å². The van der Waals surface area contributed by atoms with Gasteiger partial charge >= 0.3 is 0 Å². The van der Waals surface area contributed by atoms with Crippen LogP contribution in [0.2, 0.25) is 0 Å². The Kier molecular flexibility index (Phi) is 5.71. The minimum Gasteiger partial charge on any atom is -0.373 e. The van der Waals surface area contributed by atoms with Crippen molar-refractivity contribution in [2.75, 3.05) is 25.0 Å². The van der Waals surface area contributed by atoms with Gasteiger partial charge in [-0.25, -0.2) is 0 Å². The van der Waals surface area contributed by atoms with Crippen LogP contribution in [0, 0.1) is 5.92 Å². The topological polar surface area (TPSA) is 15.3 Å². The largest absolute Gasteiger partial charge is 0.373 e. The van der Waals surface area contributed by atoms with E-state index in [1.807, 2.05) is 0 Å². The Labute approximate surface area is 125 Å². The van der Waals surface area contributed by atoms with Gasteiger partial charge in [0.15, 0.2) is 0 Å². The van der Waals surface area contributed by atoms with Gasteiger partial charge in [-0.15, -0.1) is 0 Å². The number of hydrogen-bond donors (Lipinski definition) is 1. The van der Waals surface area contributed by atoms with Crippen LogP contribution < -0.4 is 10.2 Å². The molecule has 1 fully saturated rings. The minimum atomic E-state index is 0.905. The summed E-state index contributed by atoms with van der Waals surface area (Å²) in [5.74, 6) is 0.905. The lowest BCUT2D eigenvalue weighted by Crippen LogP contribution is -2.29. The van der Waals surface area contributed by atoms with E-state index >= 15 is 0 Å². The number of nitrogens with zero attached hydrogens (tertiary/aromatic N) is 1. The third-order valence-corrected chi connectivity index (χ3v) is 4.57. The molecule has 1 aliphatic carbocycles. The zero-order valence-corrected chi connectivity index (χ0v) is 13.7. The van der Waals surface area contributed by atoms with Gasteiger partial charge in [0.2, 0.25) is 0 Å². The lowest BCUT2D eigenvalue weighted by atomic mass is 9.85. The number of anilines is 1.